The fourth-order valence-electron chi connectivity index (χ4n) is 4.72. The number of amides is 1. The molecule has 1 unspecified atom stereocenters. The zero-order valence-corrected chi connectivity index (χ0v) is 22.5. The van der Waals surface area contributed by atoms with E-state index in [0.717, 1.165) is 6.07 Å². The van der Waals surface area contributed by atoms with Gasteiger partial charge in [0.15, 0.2) is 34.7 Å². The number of anilines is 2. The van der Waals surface area contributed by atoms with Crippen LogP contribution in [0.15, 0.2) is 18.3 Å². The summed E-state index contributed by atoms with van der Waals surface area (Å²) in [4.78, 5) is 24.8. The van der Waals surface area contributed by atoms with Crippen LogP contribution in [0.5, 0.6) is 5.75 Å². The number of fused-ring (bicyclic) bond motifs is 1. The van der Waals surface area contributed by atoms with E-state index in [2.05, 4.69) is 15.3 Å². The number of ether oxygens (including phenoxy) is 3. The Morgan fingerprint density at radius 3 is 2.64 bits per heavy atom. The number of aromatic nitrogens is 4. The van der Waals surface area contributed by atoms with Gasteiger partial charge in [0.1, 0.15) is 17.0 Å². The summed E-state index contributed by atoms with van der Waals surface area (Å²) in [6, 6.07) is 2.23. The van der Waals surface area contributed by atoms with Gasteiger partial charge >= 0.3 is 6.09 Å². The van der Waals surface area contributed by atoms with Crippen LogP contribution < -0.4 is 15.0 Å². The van der Waals surface area contributed by atoms with Crippen LogP contribution in [0.2, 0.25) is 0 Å². The number of imidazole rings is 1. The molecule has 5 heterocycles. The second-order valence-corrected chi connectivity index (χ2v) is 10.6. The van der Waals surface area contributed by atoms with Crippen molar-refractivity contribution >= 4 is 23.4 Å². The number of nitrogens with one attached hydrogen (secondary N) is 1. The lowest BCUT2D eigenvalue weighted by Gasteiger charge is -2.34. The van der Waals surface area contributed by atoms with Crippen LogP contribution in [0.25, 0.3) is 17.0 Å². The highest BCUT2D eigenvalue weighted by Gasteiger charge is 2.29. The third-order valence-electron chi connectivity index (χ3n) is 6.56. The molecule has 5 rings (SSSR count). The zero-order valence-electron chi connectivity index (χ0n) is 22.5. The van der Waals surface area contributed by atoms with E-state index < -0.39 is 23.3 Å². The first kappa shape index (κ1) is 26.9. The van der Waals surface area contributed by atoms with E-state index in [4.69, 9.17) is 19.3 Å². The molecule has 11 nitrogen and oxygen atoms in total. The van der Waals surface area contributed by atoms with Crippen LogP contribution in [-0.4, -0.2) is 88.7 Å². The van der Waals surface area contributed by atoms with Crippen molar-refractivity contribution in [1.29, 1.82) is 0 Å². The molecule has 2 fully saturated rings. The molecule has 1 amide bonds. The van der Waals surface area contributed by atoms with Gasteiger partial charge in [0.05, 0.1) is 26.5 Å². The summed E-state index contributed by atoms with van der Waals surface area (Å²) in [5, 5.41) is 7.76. The van der Waals surface area contributed by atoms with Gasteiger partial charge in [0.25, 0.3) is 0 Å². The maximum absolute atomic E-state index is 15.1. The Morgan fingerprint density at radius 1 is 1.15 bits per heavy atom. The normalized spacial score (nSPS) is 18.4. The molecule has 0 bridgehead atoms. The Morgan fingerprint density at radius 2 is 1.92 bits per heavy atom. The zero-order chi connectivity index (χ0) is 27.7. The predicted octanol–water partition coefficient (Wildman–Crippen LogP) is 3.73. The van der Waals surface area contributed by atoms with Gasteiger partial charge in [-0.25, -0.2) is 28.1 Å². The molecule has 2 saturated heterocycles. The minimum Gasteiger partial charge on any atom is -0.493 e. The molecule has 210 valence electrons. The van der Waals surface area contributed by atoms with E-state index in [9.17, 15) is 9.18 Å². The first-order chi connectivity index (χ1) is 18.6. The number of piperidine rings is 1. The molecule has 0 aromatic carbocycles. The lowest BCUT2D eigenvalue weighted by Crippen LogP contribution is -2.47. The fraction of sp³-hybridized carbons (Fsp3) is 0.538. The average molecular weight is 546 g/mol. The minimum atomic E-state index is -0.843. The molecule has 39 heavy (non-hydrogen) atoms. The largest absolute Gasteiger partial charge is 0.493 e. The Labute approximate surface area is 225 Å². The van der Waals surface area contributed by atoms with Crippen molar-refractivity contribution in [1.82, 2.24) is 24.5 Å². The van der Waals surface area contributed by atoms with Crippen molar-refractivity contribution < 1.29 is 27.8 Å². The molecule has 1 atom stereocenters. The highest BCUT2D eigenvalue weighted by atomic mass is 19.1. The molecule has 0 radical (unpaired) electrons. The van der Waals surface area contributed by atoms with Gasteiger partial charge in [-0.15, -0.1) is 5.10 Å². The van der Waals surface area contributed by atoms with Crippen molar-refractivity contribution in [3.63, 3.8) is 0 Å². The second-order valence-electron chi connectivity index (χ2n) is 10.6. The number of carbonyl (C=O) groups excluding carboxylic acids is 1. The lowest BCUT2D eigenvalue weighted by molar-refractivity contribution is 0.0206. The fourth-order valence-corrected chi connectivity index (χ4v) is 4.72. The van der Waals surface area contributed by atoms with Crippen molar-refractivity contribution in [3.05, 3.63) is 30.0 Å². The van der Waals surface area contributed by atoms with Crippen LogP contribution in [0.3, 0.4) is 0 Å². The van der Waals surface area contributed by atoms with Crippen molar-refractivity contribution in [2.45, 2.75) is 45.3 Å². The average Bonchev–Trinajstić information content (AvgIpc) is 3.32. The van der Waals surface area contributed by atoms with E-state index >= 15 is 4.39 Å². The van der Waals surface area contributed by atoms with E-state index in [1.54, 1.807) is 38.8 Å². The van der Waals surface area contributed by atoms with Crippen molar-refractivity contribution in [2.24, 2.45) is 0 Å². The van der Waals surface area contributed by atoms with E-state index in [0.29, 0.717) is 69.4 Å². The summed E-state index contributed by atoms with van der Waals surface area (Å²) in [5.74, 6) is -0.687. The smallest absolute Gasteiger partial charge is 0.410 e. The molecule has 1 N–H and O–H groups in total. The van der Waals surface area contributed by atoms with Crippen molar-refractivity contribution in [3.8, 4) is 17.1 Å². The Balaban J connectivity index is 1.43. The van der Waals surface area contributed by atoms with Gasteiger partial charge in [0.2, 0.25) is 0 Å². The molecule has 0 spiro atoms. The first-order valence-corrected chi connectivity index (χ1v) is 13.0. The molecular formula is C26H33F2N7O4. The number of methoxy groups -OCH3 is 1. The topological polar surface area (TPSA) is 106 Å². The number of morpholine rings is 1. The first-order valence-electron chi connectivity index (χ1n) is 13.0. The SMILES string of the molecule is COc1cc2ncc(-c3nc(NC4CCCN(C(=O)OC(C)(C)C)C4)c(F)cc3F)n2nc1N1CCOCC1. The highest BCUT2D eigenvalue weighted by Crippen LogP contribution is 2.31. The number of nitrogens with zero attached hydrogens (tertiary/aromatic N) is 6. The minimum absolute atomic E-state index is 0.100. The van der Waals surface area contributed by atoms with Gasteiger partial charge in [-0.3, -0.25) is 0 Å². The van der Waals surface area contributed by atoms with E-state index in [-0.39, 0.29) is 23.2 Å². The summed E-state index contributed by atoms with van der Waals surface area (Å²) in [6.45, 7) is 8.61. The number of halogens is 2. The third-order valence-corrected chi connectivity index (χ3v) is 6.56. The summed E-state index contributed by atoms with van der Waals surface area (Å²) < 4.78 is 47.9. The summed E-state index contributed by atoms with van der Waals surface area (Å²) in [7, 11) is 1.55. The molecule has 3 aromatic heterocycles. The summed E-state index contributed by atoms with van der Waals surface area (Å²) >= 11 is 0. The Kier molecular flexibility index (Phi) is 7.43. The van der Waals surface area contributed by atoms with Crippen LogP contribution in [0.4, 0.5) is 25.2 Å². The monoisotopic (exact) mass is 545 g/mol. The number of hydrogen-bond acceptors (Lipinski definition) is 9. The van der Waals surface area contributed by atoms with Gasteiger partial charge in [-0.05, 0) is 33.6 Å². The maximum atomic E-state index is 15.1. The molecule has 0 saturated carbocycles. The van der Waals surface area contributed by atoms with Crippen LogP contribution >= 0.6 is 0 Å². The number of rotatable bonds is 5. The predicted molar refractivity (Wildman–Crippen MR) is 140 cm³/mol. The molecular weight excluding hydrogens is 512 g/mol. The second kappa shape index (κ2) is 10.8. The van der Waals surface area contributed by atoms with Crippen molar-refractivity contribution in [2.75, 3.05) is 56.7 Å². The van der Waals surface area contributed by atoms with Gasteiger partial charge in [-0.1, -0.05) is 0 Å². The number of hydrogen-bond donors (Lipinski definition) is 1. The van der Waals surface area contributed by atoms with Crippen LogP contribution in [-0.2, 0) is 9.47 Å². The van der Waals surface area contributed by atoms with Crippen LogP contribution in [0, 0.1) is 11.6 Å². The Bertz CT molecular complexity index is 1350. The van der Waals surface area contributed by atoms with Gasteiger partial charge in [0, 0.05) is 44.4 Å². The standard InChI is InChI=1S/C26H33F2N7O4/c1-26(2,3)39-25(36)34-7-5-6-16(15-34)30-23-18(28)12-17(27)22(31-23)19-14-29-21-13-20(37-4)24(32-35(19)21)33-8-10-38-11-9-33/h12-14,16H,5-11,15H2,1-4H3,(H,30,31). The molecule has 0 aliphatic carbocycles. The Hall–Kier alpha value is -3.74. The number of pyridine rings is 1. The highest BCUT2D eigenvalue weighted by molar-refractivity contribution is 5.69. The number of likely N-dealkylation sites (tertiary alicyclic amines) is 1. The molecule has 3 aromatic rings. The summed E-state index contributed by atoms with van der Waals surface area (Å²) in [6.07, 6.45) is 2.41. The third kappa shape index (κ3) is 5.82. The lowest BCUT2D eigenvalue weighted by atomic mass is 10.1. The van der Waals surface area contributed by atoms with E-state index in [1.807, 2.05) is 4.90 Å². The maximum Gasteiger partial charge on any atom is 0.410 e. The molecule has 2 aliphatic heterocycles. The quantitative estimate of drug-likeness (QED) is 0.513. The van der Waals surface area contributed by atoms with Gasteiger partial charge in [-0.2, -0.15) is 0 Å². The number of carbonyl (C=O) groups is 1. The summed E-state index contributed by atoms with van der Waals surface area (Å²) in [5.41, 5.74) is -0.0252. The van der Waals surface area contributed by atoms with Crippen LogP contribution in [0.1, 0.15) is 33.6 Å². The van der Waals surface area contributed by atoms with E-state index in [1.165, 1.54) is 10.7 Å². The molecule has 2 aliphatic rings. The van der Waals surface area contributed by atoms with Gasteiger partial charge < -0.3 is 29.3 Å². The molecule has 13 heteroatoms.